The second kappa shape index (κ2) is 6.51. The van der Waals surface area contributed by atoms with Crippen molar-refractivity contribution >= 4 is 0 Å². The zero-order valence-corrected chi connectivity index (χ0v) is 11.2. The molecule has 1 aromatic carbocycles. The van der Waals surface area contributed by atoms with Crippen LogP contribution in [0, 0.1) is 0 Å². The molecule has 20 heavy (non-hydrogen) atoms. The van der Waals surface area contributed by atoms with Crippen LogP contribution in [0.3, 0.4) is 0 Å². The van der Waals surface area contributed by atoms with Crippen molar-refractivity contribution in [1.29, 1.82) is 0 Å². The van der Waals surface area contributed by atoms with Gasteiger partial charge >= 0.3 is 0 Å². The Hall–Kier alpha value is -1.18. The molecule has 1 heterocycles. The fourth-order valence-corrected chi connectivity index (χ4v) is 2.10. The summed E-state index contributed by atoms with van der Waals surface area (Å²) in [4.78, 5) is 0. The van der Waals surface area contributed by atoms with Crippen LogP contribution < -0.4 is 4.74 Å². The molecule has 0 saturated carbocycles. The van der Waals surface area contributed by atoms with Gasteiger partial charge in [0.1, 0.15) is 30.2 Å². The lowest BCUT2D eigenvalue weighted by atomic mass is 9.99. The summed E-state index contributed by atoms with van der Waals surface area (Å²) in [6, 6.07) is 7.25. The Balaban J connectivity index is 2.06. The fourth-order valence-electron chi connectivity index (χ4n) is 2.10. The maximum Gasteiger partial charge on any atom is 0.229 e. The minimum absolute atomic E-state index is 0.473. The van der Waals surface area contributed by atoms with Gasteiger partial charge in [0.25, 0.3) is 0 Å². The van der Waals surface area contributed by atoms with Crippen LogP contribution in [0.1, 0.15) is 12.5 Å². The number of rotatable bonds is 4. The predicted octanol–water partition coefficient (Wildman–Crippen LogP) is -0.572. The highest BCUT2D eigenvalue weighted by Gasteiger charge is 2.44. The number of hydrogen-bond acceptors (Lipinski definition) is 6. The normalized spacial score (nSPS) is 34.0. The van der Waals surface area contributed by atoms with Crippen LogP contribution in [0.25, 0.3) is 0 Å². The summed E-state index contributed by atoms with van der Waals surface area (Å²) in [5.74, 6) is 0.478. The van der Waals surface area contributed by atoms with Crippen molar-refractivity contribution < 1.29 is 29.9 Å². The third kappa shape index (κ3) is 3.11. The van der Waals surface area contributed by atoms with E-state index in [9.17, 15) is 15.3 Å². The highest BCUT2D eigenvalue weighted by atomic mass is 16.7. The lowest BCUT2D eigenvalue weighted by molar-refractivity contribution is -0.277. The van der Waals surface area contributed by atoms with Crippen molar-refractivity contribution in [2.24, 2.45) is 0 Å². The van der Waals surface area contributed by atoms with Gasteiger partial charge in [-0.2, -0.15) is 0 Å². The SMILES string of the molecule is CCc1ccc(O[C@@H]2OC(CO)[C@H](O)[C@H](O)C2O)cc1. The molecule has 1 aromatic rings. The molecule has 0 radical (unpaired) electrons. The first-order valence-corrected chi connectivity index (χ1v) is 6.63. The molecule has 0 aromatic heterocycles. The summed E-state index contributed by atoms with van der Waals surface area (Å²) in [6.45, 7) is 1.56. The number of ether oxygens (including phenoxy) is 2. The molecule has 2 rings (SSSR count). The van der Waals surface area contributed by atoms with Gasteiger partial charge in [-0.05, 0) is 24.1 Å². The molecule has 6 nitrogen and oxygen atoms in total. The van der Waals surface area contributed by atoms with E-state index >= 15 is 0 Å². The van der Waals surface area contributed by atoms with E-state index in [0.717, 1.165) is 12.0 Å². The monoisotopic (exact) mass is 284 g/mol. The molecule has 0 spiro atoms. The number of aliphatic hydroxyl groups is 4. The molecule has 112 valence electrons. The molecule has 0 aliphatic carbocycles. The minimum atomic E-state index is -1.43. The van der Waals surface area contributed by atoms with Crippen LogP contribution in [-0.2, 0) is 11.2 Å². The van der Waals surface area contributed by atoms with Crippen LogP contribution >= 0.6 is 0 Å². The van der Waals surface area contributed by atoms with Crippen molar-refractivity contribution in [1.82, 2.24) is 0 Å². The molecule has 6 heteroatoms. The third-order valence-corrected chi connectivity index (χ3v) is 3.43. The Morgan fingerprint density at radius 1 is 1.05 bits per heavy atom. The first kappa shape index (κ1) is 15.2. The molecule has 0 bridgehead atoms. The number of hydrogen-bond donors (Lipinski definition) is 4. The van der Waals surface area contributed by atoms with Crippen LogP contribution in [-0.4, -0.2) is 57.7 Å². The van der Waals surface area contributed by atoms with Crippen LogP contribution in [0.15, 0.2) is 24.3 Å². The first-order valence-electron chi connectivity index (χ1n) is 6.63. The van der Waals surface area contributed by atoms with Crippen LogP contribution in [0.4, 0.5) is 0 Å². The lowest BCUT2D eigenvalue weighted by Gasteiger charge is -2.39. The highest BCUT2D eigenvalue weighted by Crippen LogP contribution is 2.24. The molecule has 1 fully saturated rings. The number of benzene rings is 1. The van der Waals surface area contributed by atoms with Crippen LogP contribution in [0.5, 0.6) is 5.75 Å². The Bertz CT molecular complexity index is 418. The van der Waals surface area contributed by atoms with E-state index in [4.69, 9.17) is 14.6 Å². The maximum absolute atomic E-state index is 9.84. The quantitative estimate of drug-likeness (QED) is 0.591. The van der Waals surface area contributed by atoms with Crippen molar-refractivity contribution in [3.05, 3.63) is 29.8 Å². The van der Waals surface area contributed by atoms with E-state index in [-0.39, 0.29) is 0 Å². The molecule has 1 saturated heterocycles. The van der Waals surface area contributed by atoms with E-state index < -0.39 is 37.3 Å². The summed E-state index contributed by atoms with van der Waals surface area (Å²) < 4.78 is 10.7. The molecule has 0 amide bonds. The molecular formula is C14H20O6. The Morgan fingerprint density at radius 2 is 1.70 bits per heavy atom. The first-order chi connectivity index (χ1) is 9.56. The van der Waals surface area contributed by atoms with Gasteiger partial charge in [0.15, 0.2) is 0 Å². The van der Waals surface area contributed by atoms with E-state index in [1.54, 1.807) is 12.1 Å². The lowest BCUT2D eigenvalue weighted by Crippen LogP contribution is -2.60. The molecule has 2 unspecified atom stereocenters. The van der Waals surface area contributed by atoms with Crippen molar-refractivity contribution in [3.63, 3.8) is 0 Å². The summed E-state index contributed by atoms with van der Waals surface area (Å²) in [6.07, 6.45) is -5.40. The second-order valence-electron chi connectivity index (χ2n) is 4.81. The highest BCUT2D eigenvalue weighted by molar-refractivity contribution is 5.27. The van der Waals surface area contributed by atoms with Crippen molar-refractivity contribution in [2.45, 2.75) is 44.1 Å². The number of aryl methyl sites for hydroxylation is 1. The van der Waals surface area contributed by atoms with Crippen LogP contribution in [0.2, 0.25) is 0 Å². The van der Waals surface area contributed by atoms with Gasteiger partial charge in [0, 0.05) is 0 Å². The topological polar surface area (TPSA) is 99.4 Å². The Labute approximate surface area is 117 Å². The molecule has 1 aliphatic rings. The second-order valence-corrected chi connectivity index (χ2v) is 4.81. The zero-order chi connectivity index (χ0) is 14.7. The predicted molar refractivity (Wildman–Crippen MR) is 70.2 cm³/mol. The Kier molecular flexibility index (Phi) is 4.95. The van der Waals surface area contributed by atoms with Crippen molar-refractivity contribution in [2.75, 3.05) is 6.61 Å². The minimum Gasteiger partial charge on any atom is -0.462 e. The number of aliphatic hydroxyl groups excluding tert-OH is 4. The molecule has 1 aliphatic heterocycles. The van der Waals surface area contributed by atoms with Gasteiger partial charge in [-0.25, -0.2) is 0 Å². The van der Waals surface area contributed by atoms with Crippen molar-refractivity contribution in [3.8, 4) is 5.75 Å². The third-order valence-electron chi connectivity index (χ3n) is 3.43. The summed E-state index contributed by atoms with van der Waals surface area (Å²) in [5, 5.41) is 38.2. The van der Waals surface area contributed by atoms with E-state index in [1.807, 2.05) is 19.1 Å². The standard InChI is InChI=1S/C14H20O6/c1-2-8-3-5-9(6-4-8)19-14-13(18)12(17)11(16)10(7-15)20-14/h3-6,10-18H,2,7H2,1H3/t10?,11-,12-,13?,14+/m0/s1. The Morgan fingerprint density at radius 3 is 2.25 bits per heavy atom. The van der Waals surface area contributed by atoms with Gasteiger partial charge in [-0.15, -0.1) is 0 Å². The molecule has 5 atom stereocenters. The summed E-state index contributed by atoms with van der Waals surface area (Å²) in [7, 11) is 0. The van der Waals surface area contributed by atoms with Gasteiger partial charge in [0.2, 0.25) is 6.29 Å². The van der Waals surface area contributed by atoms with Gasteiger partial charge in [-0.3, -0.25) is 0 Å². The fraction of sp³-hybridized carbons (Fsp3) is 0.571. The van der Waals surface area contributed by atoms with Gasteiger partial charge < -0.3 is 29.9 Å². The summed E-state index contributed by atoms with van der Waals surface area (Å²) in [5.41, 5.74) is 1.14. The maximum atomic E-state index is 9.84. The average molecular weight is 284 g/mol. The summed E-state index contributed by atoms with van der Waals surface area (Å²) >= 11 is 0. The van der Waals surface area contributed by atoms with E-state index in [2.05, 4.69) is 0 Å². The molecule has 4 N–H and O–H groups in total. The molecular weight excluding hydrogens is 264 g/mol. The van der Waals surface area contributed by atoms with E-state index in [0.29, 0.717) is 5.75 Å². The van der Waals surface area contributed by atoms with E-state index in [1.165, 1.54) is 0 Å². The smallest absolute Gasteiger partial charge is 0.229 e. The van der Waals surface area contributed by atoms with Gasteiger partial charge in [-0.1, -0.05) is 19.1 Å². The largest absolute Gasteiger partial charge is 0.462 e. The zero-order valence-electron chi connectivity index (χ0n) is 11.2. The average Bonchev–Trinajstić information content (AvgIpc) is 2.48. The van der Waals surface area contributed by atoms with Gasteiger partial charge in [0.05, 0.1) is 6.61 Å².